The fourth-order valence-electron chi connectivity index (χ4n) is 4.30. The Morgan fingerprint density at radius 3 is 2.55 bits per heavy atom. The van der Waals surface area contributed by atoms with E-state index < -0.39 is 35.7 Å². The molecule has 33 heavy (non-hydrogen) atoms. The highest BCUT2D eigenvalue weighted by molar-refractivity contribution is 6.31. The largest absolute Gasteiger partial charge is 0.494 e. The summed E-state index contributed by atoms with van der Waals surface area (Å²) in [6.07, 6.45) is -4.19. The highest BCUT2D eigenvalue weighted by Crippen LogP contribution is 2.50. The SMILES string of the molecule is CCOc1ccc(Cc2cc(C34OCC(COC(C)=O)(O3)C(O)C(O)C4O)ccc2Cl)cc1. The molecule has 2 bridgehead atoms. The number of carbonyl (C=O) groups is 1. The number of aliphatic hydroxyl groups excluding tert-OH is 3. The monoisotopic (exact) mass is 478 g/mol. The number of benzene rings is 2. The molecule has 0 spiro atoms. The van der Waals surface area contributed by atoms with Crippen LogP contribution in [0.25, 0.3) is 0 Å². The van der Waals surface area contributed by atoms with Gasteiger partial charge in [-0.2, -0.15) is 0 Å². The minimum absolute atomic E-state index is 0.188. The molecule has 2 aliphatic rings. The summed E-state index contributed by atoms with van der Waals surface area (Å²) in [4.78, 5) is 11.3. The quantitative estimate of drug-likeness (QED) is 0.517. The normalized spacial score (nSPS) is 30.8. The lowest BCUT2D eigenvalue weighted by atomic mass is 9.83. The molecule has 0 amide bonds. The van der Waals surface area contributed by atoms with Gasteiger partial charge in [0, 0.05) is 17.5 Å². The van der Waals surface area contributed by atoms with Gasteiger partial charge in [0.05, 0.1) is 13.2 Å². The highest BCUT2D eigenvalue weighted by atomic mass is 35.5. The first kappa shape index (κ1) is 23.9. The van der Waals surface area contributed by atoms with E-state index in [1.165, 1.54) is 6.92 Å². The smallest absolute Gasteiger partial charge is 0.302 e. The molecule has 178 valence electrons. The van der Waals surface area contributed by atoms with Crippen molar-refractivity contribution in [2.24, 2.45) is 0 Å². The molecular weight excluding hydrogens is 452 g/mol. The molecule has 2 fully saturated rings. The summed E-state index contributed by atoms with van der Waals surface area (Å²) >= 11 is 6.45. The second kappa shape index (κ2) is 9.21. The molecule has 8 nitrogen and oxygen atoms in total. The van der Waals surface area contributed by atoms with Crippen LogP contribution in [0.15, 0.2) is 42.5 Å². The number of ether oxygens (including phenoxy) is 4. The van der Waals surface area contributed by atoms with Crippen LogP contribution < -0.4 is 4.74 Å². The van der Waals surface area contributed by atoms with Gasteiger partial charge < -0.3 is 34.3 Å². The summed E-state index contributed by atoms with van der Waals surface area (Å²) in [5, 5.41) is 32.5. The number of halogens is 1. The van der Waals surface area contributed by atoms with Crippen molar-refractivity contribution in [3.8, 4) is 5.75 Å². The third kappa shape index (κ3) is 4.35. The number of aliphatic hydroxyl groups is 3. The van der Waals surface area contributed by atoms with Gasteiger partial charge in [0.1, 0.15) is 30.7 Å². The maximum Gasteiger partial charge on any atom is 0.302 e. The van der Waals surface area contributed by atoms with Gasteiger partial charge in [-0.25, -0.2) is 0 Å². The van der Waals surface area contributed by atoms with E-state index in [9.17, 15) is 20.1 Å². The minimum Gasteiger partial charge on any atom is -0.494 e. The summed E-state index contributed by atoms with van der Waals surface area (Å²) in [6.45, 7) is 3.21. The Hall–Kier alpha value is -2.20. The number of hydrogen-bond acceptors (Lipinski definition) is 8. The second-order valence-electron chi connectivity index (χ2n) is 8.34. The van der Waals surface area contributed by atoms with Gasteiger partial charge in [0.25, 0.3) is 0 Å². The molecule has 5 atom stereocenters. The second-order valence-corrected chi connectivity index (χ2v) is 8.75. The van der Waals surface area contributed by atoms with Crippen LogP contribution in [0.2, 0.25) is 5.02 Å². The van der Waals surface area contributed by atoms with Crippen molar-refractivity contribution in [3.63, 3.8) is 0 Å². The average molecular weight is 479 g/mol. The van der Waals surface area contributed by atoms with Crippen molar-refractivity contribution in [2.75, 3.05) is 19.8 Å². The van der Waals surface area contributed by atoms with Gasteiger partial charge in [0.2, 0.25) is 5.79 Å². The molecule has 2 saturated heterocycles. The molecule has 0 aromatic heterocycles. The van der Waals surface area contributed by atoms with Crippen molar-refractivity contribution in [1.82, 2.24) is 0 Å². The summed E-state index contributed by atoms with van der Waals surface area (Å²) in [5.41, 5.74) is 0.660. The zero-order valence-corrected chi connectivity index (χ0v) is 19.1. The van der Waals surface area contributed by atoms with Crippen LogP contribution in [0.1, 0.15) is 30.5 Å². The van der Waals surface area contributed by atoms with Crippen LogP contribution in [0.3, 0.4) is 0 Å². The molecule has 0 saturated carbocycles. The molecule has 2 aromatic rings. The van der Waals surface area contributed by atoms with E-state index >= 15 is 0 Å². The first-order valence-corrected chi connectivity index (χ1v) is 11.1. The molecule has 2 aliphatic heterocycles. The number of esters is 1. The molecule has 5 unspecified atom stereocenters. The Balaban J connectivity index is 1.64. The molecule has 2 aromatic carbocycles. The molecule has 4 rings (SSSR count). The fraction of sp³-hybridized carbons (Fsp3) is 0.458. The van der Waals surface area contributed by atoms with Gasteiger partial charge in [-0.05, 0) is 48.7 Å². The number of hydrogen-bond donors (Lipinski definition) is 3. The predicted octanol–water partition coefficient (Wildman–Crippen LogP) is 1.93. The van der Waals surface area contributed by atoms with Gasteiger partial charge in [0.15, 0.2) is 5.60 Å². The molecular formula is C24H27ClO8. The molecule has 3 N–H and O–H groups in total. The van der Waals surface area contributed by atoms with Crippen molar-refractivity contribution in [1.29, 1.82) is 0 Å². The summed E-state index contributed by atoms with van der Waals surface area (Å²) in [7, 11) is 0. The molecule has 2 heterocycles. The zero-order chi connectivity index (χ0) is 23.8. The average Bonchev–Trinajstić information content (AvgIpc) is 3.18. The minimum atomic E-state index is -1.75. The Morgan fingerprint density at radius 2 is 1.88 bits per heavy atom. The lowest BCUT2D eigenvalue weighted by molar-refractivity contribution is -0.329. The van der Waals surface area contributed by atoms with E-state index in [1.54, 1.807) is 18.2 Å². The lowest BCUT2D eigenvalue weighted by Gasteiger charge is -2.46. The van der Waals surface area contributed by atoms with E-state index in [0.29, 0.717) is 23.6 Å². The molecule has 9 heteroatoms. The van der Waals surface area contributed by atoms with E-state index in [-0.39, 0.29) is 13.2 Å². The highest BCUT2D eigenvalue weighted by Gasteiger charge is 2.67. The molecule has 0 aliphatic carbocycles. The van der Waals surface area contributed by atoms with Crippen LogP contribution in [0, 0.1) is 0 Å². The van der Waals surface area contributed by atoms with Crippen LogP contribution >= 0.6 is 11.6 Å². The van der Waals surface area contributed by atoms with E-state index in [1.807, 2.05) is 31.2 Å². The van der Waals surface area contributed by atoms with Gasteiger partial charge >= 0.3 is 5.97 Å². The first-order chi connectivity index (χ1) is 15.7. The molecule has 0 radical (unpaired) electrons. The third-order valence-corrected chi connectivity index (χ3v) is 6.43. The lowest BCUT2D eigenvalue weighted by Crippen LogP contribution is -2.65. The number of carbonyl (C=O) groups excluding carboxylic acids is 1. The first-order valence-electron chi connectivity index (χ1n) is 10.7. The van der Waals surface area contributed by atoms with E-state index in [0.717, 1.165) is 16.9 Å². The van der Waals surface area contributed by atoms with Crippen molar-refractivity contribution in [3.05, 3.63) is 64.2 Å². The van der Waals surface area contributed by atoms with Crippen LogP contribution in [0.5, 0.6) is 5.75 Å². The third-order valence-electron chi connectivity index (χ3n) is 6.06. The van der Waals surface area contributed by atoms with Crippen molar-refractivity contribution in [2.45, 2.75) is 50.0 Å². The Kier molecular flexibility index (Phi) is 6.68. The zero-order valence-electron chi connectivity index (χ0n) is 18.4. The summed E-state index contributed by atoms with van der Waals surface area (Å²) < 4.78 is 22.5. The van der Waals surface area contributed by atoms with Crippen LogP contribution in [0.4, 0.5) is 0 Å². The van der Waals surface area contributed by atoms with E-state index in [4.69, 9.17) is 30.5 Å². The topological polar surface area (TPSA) is 115 Å². The number of fused-ring (bicyclic) bond motifs is 2. The van der Waals surface area contributed by atoms with E-state index in [2.05, 4.69) is 0 Å². The predicted molar refractivity (Wildman–Crippen MR) is 118 cm³/mol. The number of rotatable bonds is 7. The van der Waals surface area contributed by atoms with Crippen LogP contribution in [-0.4, -0.2) is 65.0 Å². The Bertz CT molecular complexity index is 1010. The Morgan fingerprint density at radius 1 is 1.15 bits per heavy atom. The van der Waals surface area contributed by atoms with Crippen molar-refractivity contribution < 1.29 is 39.1 Å². The van der Waals surface area contributed by atoms with Gasteiger partial charge in [-0.3, -0.25) is 4.79 Å². The van der Waals surface area contributed by atoms with Crippen LogP contribution in [-0.2, 0) is 31.2 Å². The summed E-state index contributed by atoms with van der Waals surface area (Å²) in [6, 6.07) is 12.7. The fourth-order valence-corrected chi connectivity index (χ4v) is 4.49. The Labute approximate surface area is 196 Å². The maximum absolute atomic E-state index is 11.3. The standard InChI is InChI=1S/C24H27ClO8/c1-3-30-18-7-4-15(5-8-18)10-16-11-17(6-9-19(16)25)24-22(29)20(27)21(28)23(33-24,13-32-24)12-31-14(2)26/h4-9,11,20-22,27-29H,3,10,12-13H2,1-2H3. The van der Waals surface area contributed by atoms with Gasteiger partial charge in [-0.15, -0.1) is 0 Å². The maximum atomic E-state index is 11.3. The van der Waals surface area contributed by atoms with Crippen molar-refractivity contribution >= 4 is 17.6 Å². The van der Waals surface area contributed by atoms with Gasteiger partial charge in [-0.1, -0.05) is 29.8 Å². The summed E-state index contributed by atoms with van der Waals surface area (Å²) in [5.74, 6) is -1.55.